The summed E-state index contributed by atoms with van der Waals surface area (Å²) in [4.78, 5) is 14.7. The first kappa shape index (κ1) is 13.4. The lowest BCUT2D eigenvalue weighted by Gasteiger charge is -2.10. The van der Waals surface area contributed by atoms with Crippen molar-refractivity contribution in [3.05, 3.63) is 52.7 Å². The summed E-state index contributed by atoms with van der Waals surface area (Å²) in [6.07, 6.45) is 2.38. The lowest BCUT2D eigenvalue weighted by molar-refractivity contribution is 0.112. The molecule has 1 aromatic carbocycles. The maximum atomic E-state index is 10.6. The first-order valence-electron chi connectivity index (χ1n) is 5.60. The lowest BCUT2D eigenvalue weighted by Crippen LogP contribution is -2.00. The van der Waals surface area contributed by atoms with Crippen LogP contribution in [-0.2, 0) is 6.61 Å². The van der Waals surface area contributed by atoms with Crippen LogP contribution in [0.2, 0.25) is 5.02 Å². The standard InChI is InChI=1S/C14H12ClNO3/c1-18-14-11(3-2-6-16-14)9-19-13-5-4-10(8-17)7-12(13)15/h2-8H,9H2,1H3. The van der Waals surface area contributed by atoms with Crippen LogP contribution in [0.25, 0.3) is 0 Å². The van der Waals surface area contributed by atoms with Crippen molar-refractivity contribution < 1.29 is 14.3 Å². The second-order valence-electron chi connectivity index (χ2n) is 3.77. The number of aromatic nitrogens is 1. The Labute approximate surface area is 115 Å². The van der Waals surface area contributed by atoms with Gasteiger partial charge in [0, 0.05) is 11.8 Å². The van der Waals surface area contributed by atoms with E-state index in [2.05, 4.69) is 4.98 Å². The van der Waals surface area contributed by atoms with Crippen molar-refractivity contribution >= 4 is 17.9 Å². The van der Waals surface area contributed by atoms with E-state index in [4.69, 9.17) is 21.1 Å². The average molecular weight is 278 g/mol. The Morgan fingerprint density at radius 1 is 1.37 bits per heavy atom. The Hall–Kier alpha value is -2.07. The van der Waals surface area contributed by atoms with Crippen LogP contribution >= 0.6 is 11.6 Å². The average Bonchev–Trinajstić information content (AvgIpc) is 2.46. The van der Waals surface area contributed by atoms with Crippen LogP contribution in [0.3, 0.4) is 0 Å². The van der Waals surface area contributed by atoms with Crippen LogP contribution < -0.4 is 9.47 Å². The molecule has 0 radical (unpaired) electrons. The molecule has 5 heteroatoms. The summed E-state index contributed by atoms with van der Waals surface area (Å²) >= 11 is 6.02. The number of benzene rings is 1. The summed E-state index contributed by atoms with van der Waals surface area (Å²) in [7, 11) is 1.55. The van der Waals surface area contributed by atoms with E-state index in [-0.39, 0.29) is 6.61 Å². The molecule has 0 fully saturated rings. The number of carbonyl (C=O) groups is 1. The topological polar surface area (TPSA) is 48.4 Å². The van der Waals surface area contributed by atoms with Crippen LogP contribution in [0, 0.1) is 0 Å². The van der Waals surface area contributed by atoms with Gasteiger partial charge in [0.05, 0.1) is 17.7 Å². The number of rotatable bonds is 5. The molecule has 0 saturated carbocycles. The summed E-state index contributed by atoms with van der Waals surface area (Å²) in [6.45, 7) is 0.289. The predicted octanol–water partition coefficient (Wildman–Crippen LogP) is 3.14. The van der Waals surface area contributed by atoms with Gasteiger partial charge in [0.2, 0.25) is 5.88 Å². The molecule has 0 aliphatic heterocycles. The third-order valence-electron chi connectivity index (χ3n) is 2.52. The normalized spacial score (nSPS) is 10.0. The number of pyridine rings is 1. The van der Waals surface area contributed by atoms with Crippen molar-refractivity contribution in [1.29, 1.82) is 0 Å². The van der Waals surface area contributed by atoms with Gasteiger partial charge in [0.1, 0.15) is 18.6 Å². The molecule has 0 N–H and O–H groups in total. The number of hydrogen-bond donors (Lipinski definition) is 0. The van der Waals surface area contributed by atoms with Crippen molar-refractivity contribution in [2.24, 2.45) is 0 Å². The number of aldehydes is 1. The smallest absolute Gasteiger partial charge is 0.219 e. The van der Waals surface area contributed by atoms with Crippen LogP contribution in [-0.4, -0.2) is 18.4 Å². The van der Waals surface area contributed by atoms with Gasteiger partial charge >= 0.3 is 0 Å². The highest BCUT2D eigenvalue weighted by atomic mass is 35.5. The second-order valence-corrected chi connectivity index (χ2v) is 4.18. The zero-order valence-corrected chi connectivity index (χ0v) is 11.1. The fourth-order valence-corrected chi connectivity index (χ4v) is 1.82. The largest absolute Gasteiger partial charge is 0.487 e. The van der Waals surface area contributed by atoms with Crippen molar-refractivity contribution in [2.45, 2.75) is 6.61 Å². The van der Waals surface area contributed by atoms with Gasteiger partial charge in [-0.15, -0.1) is 0 Å². The Bertz CT molecular complexity index is 587. The zero-order chi connectivity index (χ0) is 13.7. The third-order valence-corrected chi connectivity index (χ3v) is 2.81. The minimum Gasteiger partial charge on any atom is -0.487 e. The number of nitrogens with zero attached hydrogens (tertiary/aromatic N) is 1. The molecule has 2 aromatic rings. The quantitative estimate of drug-likeness (QED) is 0.788. The highest BCUT2D eigenvalue weighted by Gasteiger charge is 2.07. The Morgan fingerprint density at radius 3 is 2.89 bits per heavy atom. The van der Waals surface area contributed by atoms with Gasteiger partial charge in [-0.3, -0.25) is 4.79 Å². The number of carbonyl (C=O) groups excluding carboxylic acids is 1. The third kappa shape index (κ3) is 3.23. The van der Waals surface area contributed by atoms with E-state index in [1.807, 2.05) is 6.07 Å². The summed E-state index contributed by atoms with van der Waals surface area (Å²) in [5.41, 5.74) is 1.33. The first-order chi connectivity index (χ1) is 9.24. The molecule has 1 heterocycles. The SMILES string of the molecule is COc1ncccc1COc1ccc(C=O)cc1Cl. The van der Waals surface area contributed by atoms with Gasteiger partial charge in [-0.2, -0.15) is 0 Å². The Morgan fingerprint density at radius 2 is 2.21 bits per heavy atom. The summed E-state index contributed by atoms with van der Waals surface area (Å²) in [5, 5.41) is 0.396. The fraction of sp³-hybridized carbons (Fsp3) is 0.143. The minimum absolute atomic E-state index is 0.289. The van der Waals surface area contributed by atoms with E-state index in [9.17, 15) is 4.79 Å². The molecule has 4 nitrogen and oxygen atoms in total. The van der Waals surface area contributed by atoms with E-state index < -0.39 is 0 Å². The number of ether oxygens (including phenoxy) is 2. The molecule has 1 aromatic heterocycles. The Kier molecular flexibility index (Phi) is 4.36. The molecule has 0 atom stereocenters. The molecular formula is C14H12ClNO3. The van der Waals surface area contributed by atoms with Gasteiger partial charge in [0.15, 0.2) is 0 Å². The Balaban J connectivity index is 2.12. The summed E-state index contributed by atoms with van der Waals surface area (Å²) < 4.78 is 10.7. The molecule has 0 aliphatic rings. The van der Waals surface area contributed by atoms with Gasteiger partial charge in [-0.25, -0.2) is 4.98 Å². The molecule has 98 valence electrons. The molecule has 0 spiro atoms. The maximum absolute atomic E-state index is 10.6. The van der Waals surface area contributed by atoms with Crippen molar-refractivity contribution in [3.8, 4) is 11.6 Å². The molecule has 2 rings (SSSR count). The molecule has 0 saturated heterocycles. The van der Waals surface area contributed by atoms with E-state index in [0.29, 0.717) is 22.2 Å². The molecule has 0 bridgehead atoms. The zero-order valence-electron chi connectivity index (χ0n) is 10.3. The van der Waals surface area contributed by atoms with Crippen LogP contribution in [0.15, 0.2) is 36.5 Å². The van der Waals surface area contributed by atoms with Gasteiger partial charge in [-0.1, -0.05) is 11.6 Å². The van der Waals surface area contributed by atoms with Crippen LogP contribution in [0.1, 0.15) is 15.9 Å². The molecule has 19 heavy (non-hydrogen) atoms. The van der Waals surface area contributed by atoms with Crippen LogP contribution in [0.4, 0.5) is 0 Å². The van der Waals surface area contributed by atoms with Crippen molar-refractivity contribution in [2.75, 3.05) is 7.11 Å². The molecule has 0 amide bonds. The van der Waals surface area contributed by atoms with E-state index in [0.717, 1.165) is 11.8 Å². The highest BCUT2D eigenvalue weighted by molar-refractivity contribution is 6.32. The van der Waals surface area contributed by atoms with Gasteiger partial charge < -0.3 is 9.47 Å². The van der Waals surface area contributed by atoms with Crippen molar-refractivity contribution in [1.82, 2.24) is 4.98 Å². The molecular weight excluding hydrogens is 266 g/mol. The van der Waals surface area contributed by atoms with Crippen LogP contribution in [0.5, 0.6) is 11.6 Å². The fourth-order valence-electron chi connectivity index (χ4n) is 1.58. The molecule has 0 unspecified atom stereocenters. The van der Waals surface area contributed by atoms with E-state index in [1.165, 1.54) is 0 Å². The number of halogens is 1. The lowest BCUT2D eigenvalue weighted by atomic mass is 10.2. The van der Waals surface area contributed by atoms with E-state index >= 15 is 0 Å². The number of hydrogen-bond acceptors (Lipinski definition) is 4. The summed E-state index contributed by atoms with van der Waals surface area (Å²) in [5.74, 6) is 1.03. The molecule has 0 aliphatic carbocycles. The predicted molar refractivity (Wildman–Crippen MR) is 72.0 cm³/mol. The maximum Gasteiger partial charge on any atom is 0.219 e. The second kappa shape index (κ2) is 6.20. The number of methoxy groups -OCH3 is 1. The highest BCUT2D eigenvalue weighted by Crippen LogP contribution is 2.26. The van der Waals surface area contributed by atoms with E-state index in [1.54, 1.807) is 37.6 Å². The van der Waals surface area contributed by atoms with Gasteiger partial charge in [0.25, 0.3) is 0 Å². The minimum atomic E-state index is 0.289. The monoisotopic (exact) mass is 277 g/mol. The van der Waals surface area contributed by atoms with Gasteiger partial charge in [-0.05, 0) is 30.3 Å². The van der Waals surface area contributed by atoms with Crippen molar-refractivity contribution in [3.63, 3.8) is 0 Å². The first-order valence-corrected chi connectivity index (χ1v) is 5.98. The summed E-state index contributed by atoms with van der Waals surface area (Å²) in [6, 6.07) is 8.53.